The fourth-order valence-corrected chi connectivity index (χ4v) is 1.97. The molecule has 0 bridgehead atoms. The van der Waals surface area contributed by atoms with E-state index in [2.05, 4.69) is 5.32 Å². The highest BCUT2D eigenvalue weighted by Gasteiger charge is 2.30. The largest absolute Gasteiger partial charge is 0.480 e. The molecule has 4 N–H and O–H groups in total. The third kappa shape index (κ3) is 7.23. The summed E-state index contributed by atoms with van der Waals surface area (Å²) in [6.45, 7) is 5.06. The first-order valence-corrected chi connectivity index (χ1v) is 7.63. The quantitative estimate of drug-likeness (QED) is 0.635. The molecular weight excluding hydrogens is 312 g/mol. The van der Waals surface area contributed by atoms with Crippen molar-refractivity contribution in [2.75, 3.05) is 0 Å². The molecule has 0 aliphatic carbocycles. The van der Waals surface area contributed by atoms with Crippen LogP contribution in [-0.2, 0) is 25.5 Å². The number of ether oxygens (including phenoxy) is 1. The standard InChI is InChI=1S/C17H24N2O5/c1-17(2,3)24-16(23)13(10-12(18)15(21)22)19-14(20)9-11-7-5-4-6-8-11/h4-8,12-13H,9-10,18H2,1-3H3,(H,19,20)(H,21,22)/t12?,13-/m0/s1. The van der Waals surface area contributed by atoms with E-state index < -0.39 is 35.5 Å². The lowest BCUT2D eigenvalue weighted by molar-refractivity contribution is -0.159. The molecule has 1 aromatic carbocycles. The molecule has 0 saturated heterocycles. The second kappa shape index (κ2) is 8.44. The lowest BCUT2D eigenvalue weighted by Crippen LogP contribution is -2.49. The number of nitrogens with two attached hydrogens (primary N) is 1. The molecule has 7 nitrogen and oxygen atoms in total. The van der Waals surface area contributed by atoms with Crippen LogP contribution in [0.25, 0.3) is 0 Å². The summed E-state index contributed by atoms with van der Waals surface area (Å²) >= 11 is 0. The number of rotatable bonds is 7. The van der Waals surface area contributed by atoms with Gasteiger partial charge >= 0.3 is 11.9 Å². The normalized spacial score (nSPS) is 13.7. The van der Waals surface area contributed by atoms with E-state index in [1.54, 1.807) is 45.0 Å². The van der Waals surface area contributed by atoms with Crippen molar-refractivity contribution in [1.29, 1.82) is 0 Å². The number of carbonyl (C=O) groups excluding carboxylic acids is 2. The van der Waals surface area contributed by atoms with Gasteiger partial charge in [0.2, 0.25) is 5.91 Å². The molecule has 1 aromatic rings. The Labute approximate surface area is 141 Å². The van der Waals surface area contributed by atoms with Crippen molar-refractivity contribution in [2.24, 2.45) is 5.73 Å². The molecule has 0 heterocycles. The molecule has 0 aromatic heterocycles. The smallest absolute Gasteiger partial charge is 0.329 e. The van der Waals surface area contributed by atoms with E-state index in [4.69, 9.17) is 15.6 Å². The van der Waals surface area contributed by atoms with Gasteiger partial charge in [0.1, 0.15) is 17.7 Å². The Balaban J connectivity index is 2.78. The summed E-state index contributed by atoms with van der Waals surface area (Å²) in [6.07, 6.45) is -0.173. The molecule has 0 radical (unpaired) electrons. The SMILES string of the molecule is CC(C)(C)OC(=O)[C@H](CC(N)C(=O)O)NC(=O)Cc1ccccc1. The molecule has 2 atom stereocenters. The molecule has 7 heteroatoms. The number of nitrogens with one attached hydrogen (secondary N) is 1. The van der Waals surface area contributed by atoms with Crippen molar-refractivity contribution in [1.82, 2.24) is 5.32 Å². The Kier molecular flexibility index (Phi) is 6.91. The van der Waals surface area contributed by atoms with Crippen LogP contribution < -0.4 is 11.1 Å². The minimum Gasteiger partial charge on any atom is -0.480 e. The number of hydrogen-bond donors (Lipinski definition) is 3. The lowest BCUT2D eigenvalue weighted by atomic mass is 10.1. The van der Waals surface area contributed by atoms with E-state index in [1.165, 1.54) is 0 Å². The van der Waals surface area contributed by atoms with E-state index in [0.29, 0.717) is 0 Å². The zero-order valence-corrected chi connectivity index (χ0v) is 14.1. The molecule has 1 amide bonds. The van der Waals surface area contributed by atoms with Gasteiger partial charge in [-0.1, -0.05) is 30.3 Å². The predicted octanol–water partition coefficient (Wildman–Crippen LogP) is 0.858. The monoisotopic (exact) mass is 336 g/mol. The van der Waals surface area contributed by atoms with Gasteiger partial charge in [0.15, 0.2) is 0 Å². The van der Waals surface area contributed by atoms with Gasteiger partial charge in [0.25, 0.3) is 0 Å². The van der Waals surface area contributed by atoms with Crippen LogP contribution in [0.4, 0.5) is 0 Å². The fourth-order valence-electron chi connectivity index (χ4n) is 1.97. The predicted molar refractivity (Wildman–Crippen MR) is 88.1 cm³/mol. The highest BCUT2D eigenvalue weighted by molar-refractivity contribution is 5.86. The topological polar surface area (TPSA) is 119 Å². The van der Waals surface area contributed by atoms with Crippen molar-refractivity contribution in [3.05, 3.63) is 35.9 Å². The van der Waals surface area contributed by atoms with Crippen LogP contribution in [0.15, 0.2) is 30.3 Å². The molecule has 1 unspecified atom stereocenters. The first-order valence-electron chi connectivity index (χ1n) is 7.63. The van der Waals surface area contributed by atoms with E-state index in [0.717, 1.165) is 5.56 Å². The zero-order chi connectivity index (χ0) is 18.3. The highest BCUT2D eigenvalue weighted by Crippen LogP contribution is 2.11. The Morgan fingerprint density at radius 3 is 2.29 bits per heavy atom. The zero-order valence-electron chi connectivity index (χ0n) is 14.1. The van der Waals surface area contributed by atoms with Crippen LogP contribution in [-0.4, -0.2) is 40.6 Å². The first-order chi connectivity index (χ1) is 11.1. The third-order valence-electron chi connectivity index (χ3n) is 3.04. The van der Waals surface area contributed by atoms with Crippen molar-refractivity contribution in [3.8, 4) is 0 Å². The summed E-state index contributed by atoms with van der Waals surface area (Å²) in [4.78, 5) is 35.3. The van der Waals surface area contributed by atoms with Crippen LogP contribution >= 0.6 is 0 Å². The number of amides is 1. The van der Waals surface area contributed by atoms with Crippen LogP contribution in [0.2, 0.25) is 0 Å². The average Bonchev–Trinajstić information content (AvgIpc) is 2.45. The van der Waals surface area contributed by atoms with Crippen LogP contribution in [0.5, 0.6) is 0 Å². The summed E-state index contributed by atoms with van der Waals surface area (Å²) in [5.74, 6) is -2.36. The van der Waals surface area contributed by atoms with Crippen molar-refractivity contribution in [2.45, 2.75) is 51.3 Å². The summed E-state index contributed by atoms with van der Waals surface area (Å²) < 4.78 is 5.23. The van der Waals surface area contributed by atoms with Gasteiger partial charge in [-0.15, -0.1) is 0 Å². The van der Waals surface area contributed by atoms with Gasteiger partial charge in [-0.25, -0.2) is 4.79 Å². The van der Waals surface area contributed by atoms with Gasteiger partial charge in [-0.3, -0.25) is 9.59 Å². The summed E-state index contributed by atoms with van der Waals surface area (Å²) in [5, 5.41) is 11.4. The van der Waals surface area contributed by atoms with Crippen molar-refractivity contribution in [3.63, 3.8) is 0 Å². The maximum Gasteiger partial charge on any atom is 0.329 e. The number of aliphatic carboxylic acids is 1. The number of esters is 1. The van der Waals surface area contributed by atoms with Crippen LogP contribution in [0, 0.1) is 0 Å². The van der Waals surface area contributed by atoms with E-state index in [-0.39, 0.29) is 12.8 Å². The summed E-state index contributed by atoms with van der Waals surface area (Å²) in [6, 6.07) is 6.60. The fraction of sp³-hybridized carbons (Fsp3) is 0.471. The molecule has 0 aliphatic heterocycles. The third-order valence-corrected chi connectivity index (χ3v) is 3.04. The first kappa shape index (κ1) is 19.6. The van der Waals surface area contributed by atoms with Crippen LogP contribution in [0.3, 0.4) is 0 Å². The number of benzene rings is 1. The maximum atomic E-state index is 12.2. The van der Waals surface area contributed by atoms with E-state index in [1.807, 2.05) is 6.07 Å². The molecule has 0 saturated carbocycles. The number of hydrogen-bond acceptors (Lipinski definition) is 5. The minimum atomic E-state index is -1.28. The van der Waals surface area contributed by atoms with Crippen LogP contribution in [0.1, 0.15) is 32.8 Å². The molecule has 132 valence electrons. The molecule has 24 heavy (non-hydrogen) atoms. The van der Waals surface area contributed by atoms with Crippen molar-refractivity contribution >= 4 is 17.8 Å². The molecular formula is C17H24N2O5. The number of carboxylic acids is 1. The van der Waals surface area contributed by atoms with Gasteiger partial charge in [-0.2, -0.15) is 0 Å². The molecule has 0 fully saturated rings. The van der Waals surface area contributed by atoms with Gasteiger partial charge in [-0.05, 0) is 26.3 Å². The Morgan fingerprint density at radius 1 is 1.21 bits per heavy atom. The highest BCUT2D eigenvalue weighted by atomic mass is 16.6. The van der Waals surface area contributed by atoms with E-state index >= 15 is 0 Å². The Bertz CT molecular complexity index is 580. The lowest BCUT2D eigenvalue weighted by Gasteiger charge is -2.25. The number of carbonyl (C=O) groups is 3. The molecule has 1 rings (SSSR count). The molecule has 0 aliphatic rings. The minimum absolute atomic E-state index is 0.0719. The Hall–Kier alpha value is -2.41. The Morgan fingerprint density at radius 2 is 1.79 bits per heavy atom. The second-order valence-corrected chi connectivity index (χ2v) is 6.50. The van der Waals surface area contributed by atoms with Crippen molar-refractivity contribution < 1.29 is 24.2 Å². The summed E-state index contributed by atoms with van der Waals surface area (Å²) in [5.41, 5.74) is 5.51. The van der Waals surface area contributed by atoms with Gasteiger partial charge < -0.3 is 20.9 Å². The average molecular weight is 336 g/mol. The number of carboxylic acid groups (broad SMARTS) is 1. The summed E-state index contributed by atoms with van der Waals surface area (Å²) in [7, 11) is 0. The van der Waals surface area contributed by atoms with E-state index in [9.17, 15) is 14.4 Å². The molecule has 0 spiro atoms. The maximum absolute atomic E-state index is 12.2. The second-order valence-electron chi connectivity index (χ2n) is 6.50. The van der Waals surface area contributed by atoms with Gasteiger partial charge in [0, 0.05) is 6.42 Å². The van der Waals surface area contributed by atoms with Gasteiger partial charge in [0.05, 0.1) is 6.42 Å².